The summed E-state index contributed by atoms with van der Waals surface area (Å²) in [4.78, 5) is 0. The number of rotatable bonds is 1. The van der Waals surface area contributed by atoms with Crippen molar-refractivity contribution in [3.05, 3.63) is 35.9 Å². The quantitative estimate of drug-likeness (QED) is 0.719. The molecular formula is C13H21N. The lowest BCUT2D eigenvalue weighted by Gasteiger charge is -2.07. The van der Waals surface area contributed by atoms with Crippen LogP contribution in [0.1, 0.15) is 38.7 Å². The summed E-state index contributed by atoms with van der Waals surface area (Å²) in [6.45, 7) is 7.40. The summed E-state index contributed by atoms with van der Waals surface area (Å²) in [6, 6.07) is 11.5. The average molecular weight is 191 g/mol. The second-order valence-electron chi connectivity index (χ2n) is 3.65. The maximum atomic E-state index is 3.47. The van der Waals surface area contributed by atoms with Crippen LogP contribution >= 0.6 is 0 Å². The normalized spacial score (nSPS) is 25.4. The number of hydrogen-bond donors (Lipinski definition) is 1. The third-order valence-corrected chi connectivity index (χ3v) is 2.62. The molecule has 1 aliphatic rings. The van der Waals surface area contributed by atoms with Crippen molar-refractivity contribution in [1.82, 2.24) is 5.32 Å². The smallest absolute Gasteiger partial charge is 0.00452 e. The third-order valence-electron chi connectivity index (χ3n) is 2.62. The van der Waals surface area contributed by atoms with Crippen molar-refractivity contribution in [1.29, 1.82) is 0 Å². The van der Waals surface area contributed by atoms with Crippen molar-refractivity contribution in [3.8, 4) is 0 Å². The Kier molecular flexibility index (Phi) is 4.68. The van der Waals surface area contributed by atoms with Gasteiger partial charge in [-0.3, -0.25) is 0 Å². The molecule has 0 bridgehead atoms. The van der Waals surface area contributed by atoms with Crippen molar-refractivity contribution >= 4 is 0 Å². The van der Waals surface area contributed by atoms with E-state index in [1.54, 1.807) is 0 Å². The first-order valence-corrected chi connectivity index (χ1v) is 5.64. The van der Waals surface area contributed by atoms with E-state index in [0.29, 0.717) is 6.04 Å². The first-order valence-electron chi connectivity index (χ1n) is 5.64. The van der Waals surface area contributed by atoms with E-state index in [-0.39, 0.29) is 0 Å². The van der Waals surface area contributed by atoms with Crippen LogP contribution in [-0.2, 0) is 0 Å². The van der Waals surface area contributed by atoms with Gasteiger partial charge in [0.1, 0.15) is 0 Å². The van der Waals surface area contributed by atoms with Crippen molar-refractivity contribution in [2.24, 2.45) is 0 Å². The van der Waals surface area contributed by atoms with Crippen LogP contribution in [0.2, 0.25) is 0 Å². The number of hydrogen-bond acceptors (Lipinski definition) is 1. The monoisotopic (exact) mass is 191 g/mol. The van der Waals surface area contributed by atoms with E-state index in [9.17, 15) is 0 Å². The lowest BCUT2D eigenvalue weighted by molar-refractivity contribution is 0.658. The molecule has 14 heavy (non-hydrogen) atoms. The molecule has 1 N–H and O–H groups in total. The van der Waals surface area contributed by atoms with Gasteiger partial charge < -0.3 is 5.32 Å². The fourth-order valence-electron chi connectivity index (χ4n) is 1.92. The minimum atomic E-state index is 0.690. The van der Waals surface area contributed by atoms with Crippen molar-refractivity contribution in [2.45, 2.75) is 39.2 Å². The number of benzene rings is 1. The highest BCUT2D eigenvalue weighted by molar-refractivity contribution is 5.21. The Labute approximate surface area is 87.5 Å². The highest BCUT2D eigenvalue weighted by Gasteiger charge is 2.21. The average Bonchev–Trinajstić information content (AvgIpc) is 2.69. The van der Waals surface area contributed by atoms with Crippen molar-refractivity contribution in [3.63, 3.8) is 0 Å². The Hall–Kier alpha value is -0.820. The lowest BCUT2D eigenvalue weighted by atomic mass is 9.97. The van der Waals surface area contributed by atoms with Crippen LogP contribution in [0.4, 0.5) is 0 Å². The van der Waals surface area contributed by atoms with Crippen LogP contribution in [0, 0.1) is 0 Å². The van der Waals surface area contributed by atoms with Gasteiger partial charge in [0.25, 0.3) is 0 Å². The lowest BCUT2D eigenvalue weighted by Crippen LogP contribution is -2.16. The van der Waals surface area contributed by atoms with Crippen LogP contribution in [0.5, 0.6) is 0 Å². The first kappa shape index (κ1) is 11.3. The summed E-state index contributed by atoms with van der Waals surface area (Å²) in [5.74, 6) is 0.737. The zero-order valence-electron chi connectivity index (χ0n) is 9.46. The predicted octanol–water partition coefficient (Wildman–Crippen LogP) is 3.18. The van der Waals surface area contributed by atoms with E-state index in [0.717, 1.165) is 12.5 Å². The van der Waals surface area contributed by atoms with Gasteiger partial charge in [0.2, 0.25) is 0 Å². The maximum absolute atomic E-state index is 3.47. The SMILES string of the molecule is CC.CC1CC(c2ccccc2)CN1. The van der Waals surface area contributed by atoms with Gasteiger partial charge in [-0.25, -0.2) is 0 Å². The highest BCUT2D eigenvalue weighted by Crippen LogP contribution is 2.24. The van der Waals surface area contributed by atoms with E-state index >= 15 is 0 Å². The largest absolute Gasteiger partial charge is 0.314 e. The van der Waals surface area contributed by atoms with Crippen LogP contribution in [0.25, 0.3) is 0 Å². The van der Waals surface area contributed by atoms with E-state index < -0.39 is 0 Å². The van der Waals surface area contributed by atoms with E-state index in [1.165, 1.54) is 12.0 Å². The molecule has 1 aliphatic heterocycles. The molecule has 1 fully saturated rings. The fraction of sp³-hybridized carbons (Fsp3) is 0.538. The second-order valence-corrected chi connectivity index (χ2v) is 3.65. The summed E-state index contributed by atoms with van der Waals surface area (Å²) in [6.07, 6.45) is 1.28. The van der Waals surface area contributed by atoms with Gasteiger partial charge >= 0.3 is 0 Å². The van der Waals surface area contributed by atoms with Gasteiger partial charge in [-0.2, -0.15) is 0 Å². The van der Waals surface area contributed by atoms with Gasteiger partial charge in [-0.15, -0.1) is 0 Å². The topological polar surface area (TPSA) is 12.0 Å². The summed E-state index contributed by atoms with van der Waals surface area (Å²) in [5.41, 5.74) is 1.48. The molecular weight excluding hydrogens is 170 g/mol. The van der Waals surface area contributed by atoms with Crippen LogP contribution < -0.4 is 5.32 Å². The molecule has 0 spiro atoms. The Bertz CT molecular complexity index is 243. The van der Waals surface area contributed by atoms with E-state index in [2.05, 4.69) is 42.6 Å². The molecule has 0 aromatic heterocycles. The molecule has 0 aliphatic carbocycles. The molecule has 0 radical (unpaired) electrons. The third kappa shape index (κ3) is 2.85. The van der Waals surface area contributed by atoms with Crippen LogP contribution in [0.3, 0.4) is 0 Å². The van der Waals surface area contributed by atoms with Gasteiger partial charge in [0.15, 0.2) is 0 Å². The zero-order chi connectivity index (χ0) is 10.4. The van der Waals surface area contributed by atoms with Gasteiger partial charge in [-0.1, -0.05) is 44.2 Å². The molecule has 2 unspecified atom stereocenters. The van der Waals surface area contributed by atoms with Crippen molar-refractivity contribution in [2.75, 3.05) is 6.54 Å². The molecule has 2 atom stereocenters. The summed E-state index contributed by atoms with van der Waals surface area (Å²) in [5, 5.41) is 3.47. The number of nitrogens with one attached hydrogen (secondary N) is 1. The molecule has 2 rings (SSSR count). The fourth-order valence-corrected chi connectivity index (χ4v) is 1.92. The van der Waals surface area contributed by atoms with Gasteiger partial charge in [0, 0.05) is 12.6 Å². The Balaban J connectivity index is 0.000000461. The molecule has 1 saturated heterocycles. The molecule has 1 aromatic carbocycles. The summed E-state index contributed by atoms with van der Waals surface area (Å²) < 4.78 is 0. The molecule has 78 valence electrons. The molecule has 0 amide bonds. The van der Waals surface area contributed by atoms with E-state index in [4.69, 9.17) is 0 Å². The Morgan fingerprint density at radius 2 is 1.79 bits per heavy atom. The molecule has 1 heterocycles. The summed E-state index contributed by atoms with van der Waals surface area (Å²) >= 11 is 0. The molecule has 1 heteroatoms. The van der Waals surface area contributed by atoms with Gasteiger partial charge in [-0.05, 0) is 24.8 Å². The zero-order valence-corrected chi connectivity index (χ0v) is 9.46. The van der Waals surface area contributed by atoms with E-state index in [1.807, 2.05) is 13.8 Å². The standard InChI is InChI=1S/C11H15N.C2H6/c1-9-7-11(8-12-9)10-5-3-2-4-6-10;1-2/h2-6,9,11-12H,7-8H2,1H3;1-2H3. The first-order chi connectivity index (χ1) is 6.86. The predicted molar refractivity (Wildman–Crippen MR) is 62.6 cm³/mol. The minimum absolute atomic E-state index is 0.690. The molecule has 1 aromatic rings. The van der Waals surface area contributed by atoms with Crippen LogP contribution in [-0.4, -0.2) is 12.6 Å². The van der Waals surface area contributed by atoms with Crippen LogP contribution in [0.15, 0.2) is 30.3 Å². The van der Waals surface area contributed by atoms with Crippen molar-refractivity contribution < 1.29 is 0 Å². The highest BCUT2D eigenvalue weighted by atomic mass is 14.9. The Morgan fingerprint density at radius 1 is 1.14 bits per heavy atom. The minimum Gasteiger partial charge on any atom is -0.314 e. The maximum Gasteiger partial charge on any atom is 0.00452 e. The second kappa shape index (κ2) is 5.82. The molecule has 1 nitrogen and oxygen atoms in total. The summed E-state index contributed by atoms with van der Waals surface area (Å²) in [7, 11) is 0. The van der Waals surface area contributed by atoms with Gasteiger partial charge in [0.05, 0.1) is 0 Å². The molecule has 0 saturated carbocycles. The Morgan fingerprint density at radius 3 is 2.29 bits per heavy atom.